The summed E-state index contributed by atoms with van der Waals surface area (Å²) in [4.78, 5) is 37.1. The molecule has 0 radical (unpaired) electrons. The molecule has 0 bridgehead atoms. The van der Waals surface area contributed by atoms with Crippen molar-refractivity contribution < 1.29 is 28.5 Å². The van der Waals surface area contributed by atoms with Gasteiger partial charge in [-0.1, -0.05) is 0 Å². The third-order valence-corrected chi connectivity index (χ3v) is 3.60. The Hall–Kier alpha value is -2.62. The van der Waals surface area contributed by atoms with Crippen LogP contribution in [0.2, 0.25) is 0 Å². The van der Waals surface area contributed by atoms with Gasteiger partial charge < -0.3 is 23.8 Å². The first-order valence-electron chi connectivity index (χ1n) is 9.41. The maximum Gasteiger partial charge on any atom is 0.425 e. The second-order valence-electron chi connectivity index (χ2n) is 8.46. The van der Waals surface area contributed by atoms with Crippen molar-refractivity contribution in [1.29, 1.82) is 0 Å². The molecule has 0 unspecified atom stereocenters. The van der Waals surface area contributed by atoms with Crippen molar-refractivity contribution in [3.05, 3.63) is 6.20 Å². The van der Waals surface area contributed by atoms with Gasteiger partial charge in [-0.2, -0.15) is 4.90 Å². The Labute approximate surface area is 171 Å². The lowest BCUT2D eigenvalue weighted by Crippen LogP contribution is -2.44. The molecule has 1 fully saturated rings. The molecule has 162 valence electrons. The molecular formula is C19H30N4O6. The number of rotatable bonds is 3. The summed E-state index contributed by atoms with van der Waals surface area (Å²) in [7, 11) is 1.38. The van der Waals surface area contributed by atoms with Gasteiger partial charge in [-0.05, 0) is 41.5 Å². The van der Waals surface area contributed by atoms with Gasteiger partial charge in [0.2, 0.25) is 5.82 Å². The van der Waals surface area contributed by atoms with Crippen LogP contribution in [0.15, 0.2) is 6.20 Å². The number of anilines is 2. The first-order valence-corrected chi connectivity index (χ1v) is 9.41. The molecule has 0 spiro atoms. The molecule has 1 aromatic rings. The van der Waals surface area contributed by atoms with Gasteiger partial charge in [0, 0.05) is 13.1 Å². The number of amides is 2. The smallest absolute Gasteiger partial charge is 0.425 e. The van der Waals surface area contributed by atoms with Gasteiger partial charge in [-0.25, -0.2) is 19.6 Å². The summed E-state index contributed by atoms with van der Waals surface area (Å²) in [5.74, 6) is 0.389. The Morgan fingerprint density at radius 1 is 1.03 bits per heavy atom. The molecule has 0 N–H and O–H groups in total. The molecule has 2 heterocycles. The second-order valence-corrected chi connectivity index (χ2v) is 8.46. The van der Waals surface area contributed by atoms with Crippen LogP contribution in [0.25, 0.3) is 0 Å². The molecule has 2 rings (SSSR count). The van der Waals surface area contributed by atoms with E-state index in [1.54, 1.807) is 41.5 Å². The summed E-state index contributed by atoms with van der Waals surface area (Å²) in [6.45, 7) is 12.5. The minimum Gasteiger partial charge on any atom is -0.478 e. The Morgan fingerprint density at radius 3 is 2.00 bits per heavy atom. The van der Waals surface area contributed by atoms with Crippen LogP contribution in [0.5, 0.6) is 5.88 Å². The summed E-state index contributed by atoms with van der Waals surface area (Å²) in [6.07, 6.45) is -0.340. The van der Waals surface area contributed by atoms with Crippen molar-refractivity contribution in [2.45, 2.75) is 52.7 Å². The molecule has 1 saturated heterocycles. The van der Waals surface area contributed by atoms with Crippen molar-refractivity contribution >= 4 is 23.8 Å². The second kappa shape index (κ2) is 8.81. The summed E-state index contributed by atoms with van der Waals surface area (Å²) in [5, 5.41) is 0. The van der Waals surface area contributed by atoms with Gasteiger partial charge in [-0.3, -0.25) is 0 Å². The fraction of sp³-hybridized carbons (Fsp3) is 0.684. The zero-order valence-corrected chi connectivity index (χ0v) is 18.1. The van der Waals surface area contributed by atoms with E-state index in [2.05, 4.69) is 9.97 Å². The Morgan fingerprint density at radius 2 is 1.55 bits per heavy atom. The highest BCUT2D eigenvalue weighted by Gasteiger charge is 2.36. The Kier molecular flexibility index (Phi) is 6.89. The number of hydrogen-bond donors (Lipinski definition) is 0. The van der Waals surface area contributed by atoms with E-state index in [0.29, 0.717) is 37.0 Å². The van der Waals surface area contributed by atoms with E-state index in [1.807, 2.05) is 4.90 Å². The number of methoxy groups -OCH3 is 1. The predicted molar refractivity (Wildman–Crippen MR) is 107 cm³/mol. The number of nitrogens with zero attached hydrogens (tertiary/aromatic N) is 4. The zero-order chi connectivity index (χ0) is 21.8. The van der Waals surface area contributed by atoms with Crippen LogP contribution in [-0.2, 0) is 14.2 Å². The molecule has 1 aliphatic rings. The average molecular weight is 410 g/mol. The molecular weight excluding hydrogens is 380 g/mol. The number of morpholine rings is 1. The third-order valence-electron chi connectivity index (χ3n) is 3.60. The Balaban J connectivity index is 2.49. The van der Waals surface area contributed by atoms with Gasteiger partial charge >= 0.3 is 12.2 Å². The largest absolute Gasteiger partial charge is 0.478 e. The van der Waals surface area contributed by atoms with Crippen LogP contribution < -0.4 is 14.5 Å². The highest BCUT2D eigenvalue weighted by atomic mass is 16.6. The first kappa shape index (κ1) is 22.7. The van der Waals surface area contributed by atoms with E-state index in [9.17, 15) is 9.59 Å². The number of aromatic nitrogens is 2. The molecule has 0 saturated carbocycles. The molecule has 0 aliphatic carbocycles. The molecule has 0 atom stereocenters. The SMILES string of the molecule is COc1ncc(N2CCOCC2)nc1N(C(=O)OC(C)(C)C)C(=O)OC(C)(C)C. The minimum atomic E-state index is -0.932. The Bertz CT molecular complexity index is 707. The standard InChI is InChI=1S/C19H30N4O6/c1-18(2,3)28-16(24)23(17(25)29-19(4,5)6)14-15(26-7)20-12-13(21-14)22-8-10-27-11-9-22/h12H,8-11H2,1-7H3. The minimum absolute atomic E-state index is 0.00118. The molecule has 1 aromatic heterocycles. The lowest BCUT2D eigenvalue weighted by Gasteiger charge is -2.30. The van der Waals surface area contributed by atoms with Crippen LogP contribution in [0.4, 0.5) is 21.2 Å². The summed E-state index contributed by atoms with van der Waals surface area (Å²) < 4.78 is 21.4. The maximum absolute atomic E-state index is 12.9. The van der Waals surface area contributed by atoms with Crippen LogP contribution in [0.1, 0.15) is 41.5 Å². The van der Waals surface area contributed by atoms with E-state index in [1.165, 1.54) is 13.3 Å². The van der Waals surface area contributed by atoms with Crippen LogP contribution in [-0.4, -0.2) is 66.8 Å². The van der Waals surface area contributed by atoms with Gasteiger partial charge in [0.1, 0.15) is 17.0 Å². The maximum atomic E-state index is 12.9. The molecule has 10 heteroatoms. The van der Waals surface area contributed by atoms with E-state index in [0.717, 1.165) is 0 Å². The van der Waals surface area contributed by atoms with Crippen LogP contribution in [0.3, 0.4) is 0 Å². The molecule has 29 heavy (non-hydrogen) atoms. The first-order chi connectivity index (χ1) is 13.4. The third kappa shape index (κ3) is 6.45. The van der Waals surface area contributed by atoms with E-state index in [-0.39, 0.29) is 11.7 Å². The molecule has 10 nitrogen and oxygen atoms in total. The average Bonchev–Trinajstić information content (AvgIpc) is 2.59. The van der Waals surface area contributed by atoms with Gasteiger partial charge in [0.15, 0.2) is 0 Å². The molecule has 2 amide bonds. The predicted octanol–water partition coefficient (Wildman–Crippen LogP) is 3.00. The number of hydrogen-bond acceptors (Lipinski definition) is 9. The monoisotopic (exact) mass is 410 g/mol. The highest BCUT2D eigenvalue weighted by Crippen LogP contribution is 2.29. The lowest BCUT2D eigenvalue weighted by atomic mass is 10.2. The highest BCUT2D eigenvalue weighted by molar-refractivity contribution is 6.09. The zero-order valence-electron chi connectivity index (χ0n) is 18.1. The van der Waals surface area contributed by atoms with Crippen molar-refractivity contribution in [1.82, 2.24) is 9.97 Å². The fourth-order valence-electron chi connectivity index (χ4n) is 2.46. The molecule has 0 aromatic carbocycles. The number of carbonyl (C=O) groups excluding carboxylic acids is 2. The number of carbonyl (C=O) groups is 2. The number of ether oxygens (including phenoxy) is 4. The summed E-state index contributed by atoms with van der Waals surface area (Å²) in [6, 6.07) is 0. The van der Waals surface area contributed by atoms with Gasteiger partial charge in [-0.15, -0.1) is 0 Å². The van der Waals surface area contributed by atoms with Crippen molar-refractivity contribution in [2.24, 2.45) is 0 Å². The van der Waals surface area contributed by atoms with Crippen LogP contribution >= 0.6 is 0 Å². The van der Waals surface area contributed by atoms with Gasteiger partial charge in [0.25, 0.3) is 5.88 Å². The van der Waals surface area contributed by atoms with Crippen molar-refractivity contribution in [3.63, 3.8) is 0 Å². The quantitative estimate of drug-likeness (QED) is 0.744. The summed E-state index contributed by atoms with van der Waals surface area (Å²) in [5.41, 5.74) is -1.67. The van der Waals surface area contributed by atoms with Crippen molar-refractivity contribution in [3.8, 4) is 5.88 Å². The van der Waals surface area contributed by atoms with Crippen LogP contribution in [0, 0.1) is 0 Å². The van der Waals surface area contributed by atoms with E-state index < -0.39 is 23.4 Å². The summed E-state index contributed by atoms with van der Waals surface area (Å²) >= 11 is 0. The lowest BCUT2D eigenvalue weighted by molar-refractivity contribution is 0.0427. The van der Waals surface area contributed by atoms with E-state index >= 15 is 0 Å². The number of imide groups is 1. The normalized spacial score (nSPS) is 14.9. The van der Waals surface area contributed by atoms with E-state index in [4.69, 9.17) is 18.9 Å². The van der Waals surface area contributed by atoms with Gasteiger partial charge in [0.05, 0.1) is 26.5 Å². The van der Waals surface area contributed by atoms with Crippen molar-refractivity contribution in [2.75, 3.05) is 43.2 Å². The topological polar surface area (TPSA) is 103 Å². The fourth-order valence-corrected chi connectivity index (χ4v) is 2.46. The molecule has 1 aliphatic heterocycles.